The SMILES string of the molecule is CCC(C)(O)C(C)=NC.CCC(C)(O)C(C)=NC(C)C.CCC(O)(C(C)=NC(C)C)C(C)C.CCC(O)(C(C)=NC)C(C)C.CCC(O)(CC)C(C)=NC.CCC(O)(CC)C(C)=NC(C)C.CCCC(O)(CC)C(C)=NC.CCCC(O)(CC)C(C)=NC(C)C.CCCC(O)(CC)C(C)=NCC.CCN=C(C)C(C)(O)CC.CCN=C(C)C(O)(CC)C(C)C.CCN=C(C)C(O)(CC)CC.[Nd].[Nd].[Nd].[Nd].[Nd].[Nd].[Nd].[Nd].[Nd].[Nd].[Nd].[Nd]. The molecule has 0 fully saturated rings. The molecule has 147 heavy (non-hydrogen) atoms. The number of aliphatic imine (C=N–C) groups is 12. The molecule has 12 N–H and O–H groups in total. The van der Waals surface area contributed by atoms with Crippen molar-refractivity contribution in [2.24, 2.45) is 77.7 Å². The van der Waals surface area contributed by atoms with Crippen molar-refractivity contribution in [3.8, 4) is 0 Å². The van der Waals surface area contributed by atoms with Crippen LogP contribution in [0, 0.1) is 508 Å². The van der Waals surface area contributed by atoms with Crippen LogP contribution in [-0.4, -0.2) is 276 Å². The van der Waals surface area contributed by atoms with Gasteiger partial charge in [-0.3, -0.25) is 59.9 Å². The number of aliphatic hydroxyl groups is 12. The van der Waals surface area contributed by atoms with E-state index in [-0.39, 0.29) is 532 Å². The molecule has 0 aromatic carbocycles. The molecule has 9 unspecified atom stereocenters. The van der Waals surface area contributed by atoms with Crippen LogP contribution >= 0.6 is 0 Å². The fraction of sp³-hybridized carbons (Fsp3) is 0.892. The molecule has 0 aliphatic rings. The Morgan fingerprint density at radius 3 is 0.537 bits per heavy atom. The quantitative estimate of drug-likeness (QED) is 0.0253. The molecule has 0 spiro atoms. The molecule has 9 atom stereocenters. The van der Waals surface area contributed by atoms with Crippen LogP contribution in [0.2, 0.25) is 0 Å². The summed E-state index contributed by atoms with van der Waals surface area (Å²) < 4.78 is 0. The molecule has 0 amide bonds. The molecule has 0 radical (unpaired) electrons. The minimum Gasteiger partial charge on any atom is -0.384 e. The second kappa shape index (κ2) is 123. The minimum atomic E-state index is -0.718. The zero-order valence-electron chi connectivity index (χ0n) is 105. The largest absolute Gasteiger partial charge is 0.384 e. The van der Waals surface area contributed by atoms with Crippen LogP contribution in [0.15, 0.2) is 59.9 Å². The Labute approximate surface area is 1300 Å². The van der Waals surface area contributed by atoms with Crippen LogP contribution < -0.4 is 0 Å². The number of nitrogens with zero attached hydrogens (tertiary/aromatic N) is 12. The molecule has 0 rings (SSSR count). The topological polar surface area (TPSA) is 391 Å². The predicted octanol–water partition coefficient (Wildman–Crippen LogP) is 25.0. The predicted molar refractivity (Wildman–Crippen MR) is 604 cm³/mol. The van der Waals surface area contributed by atoms with Gasteiger partial charge in [0.15, 0.2) is 0 Å². The van der Waals surface area contributed by atoms with Crippen LogP contribution in [0.5, 0.6) is 0 Å². The van der Waals surface area contributed by atoms with E-state index in [1.807, 2.05) is 312 Å². The van der Waals surface area contributed by atoms with Crippen LogP contribution in [-0.2, 0) is 0 Å². The van der Waals surface area contributed by atoms with Gasteiger partial charge in [-0.05, 0) is 320 Å². The van der Waals surface area contributed by atoms with Gasteiger partial charge in [0.2, 0.25) is 0 Å². The second-order valence-corrected chi connectivity index (χ2v) is 38.5. The Bertz CT molecular complexity index is 3370. The molecular weight excluding hydrogens is 3420 g/mol. The first kappa shape index (κ1) is 218. The van der Waals surface area contributed by atoms with Gasteiger partial charge in [-0.25, -0.2) is 0 Å². The van der Waals surface area contributed by atoms with Crippen molar-refractivity contribution >= 4 is 68.5 Å². The van der Waals surface area contributed by atoms with Crippen molar-refractivity contribution in [3.05, 3.63) is 0 Å². The van der Waals surface area contributed by atoms with Crippen molar-refractivity contribution < 1.29 is 551 Å². The summed E-state index contributed by atoms with van der Waals surface area (Å²) in [5.41, 5.74) is 2.00. The third kappa shape index (κ3) is 101. The van der Waals surface area contributed by atoms with Crippen molar-refractivity contribution in [1.82, 2.24) is 0 Å². The number of hydrogen-bond acceptors (Lipinski definition) is 24. The summed E-state index contributed by atoms with van der Waals surface area (Å²) in [5, 5.41) is 119. The van der Waals surface area contributed by atoms with E-state index in [1.165, 1.54) is 0 Å². The Kier molecular flexibility index (Phi) is 182. The van der Waals surface area contributed by atoms with E-state index in [0.717, 1.165) is 230 Å². The smallest absolute Gasteiger partial charge is 0.104 e. The summed E-state index contributed by atoms with van der Waals surface area (Å²) in [5.74, 6) is 0.689. The van der Waals surface area contributed by atoms with Gasteiger partial charge in [-0.2, -0.15) is 0 Å². The molecule has 0 heterocycles. The first-order valence-electron chi connectivity index (χ1n) is 52.3. The van der Waals surface area contributed by atoms with E-state index in [0.29, 0.717) is 0 Å². The Morgan fingerprint density at radius 1 is 0.184 bits per heavy atom. The van der Waals surface area contributed by atoms with Crippen molar-refractivity contribution in [1.29, 1.82) is 0 Å². The molecule has 0 aromatic heterocycles. The third-order valence-electron chi connectivity index (χ3n) is 26.8. The van der Waals surface area contributed by atoms with Gasteiger partial charge < -0.3 is 61.3 Å². The summed E-state index contributed by atoms with van der Waals surface area (Å²) in [6.45, 7) is 103. The molecule has 0 bridgehead atoms. The Hall–Kier alpha value is 11.8. The minimum absolute atomic E-state index is 0. The molecule has 858 valence electrons. The maximum absolute atomic E-state index is 10.3. The zero-order chi connectivity index (χ0) is 110. The second-order valence-electron chi connectivity index (χ2n) is 38.5. The fourth-order valence-corrected chi connectivity index (χ4v) is 13.8. The zero-order valence-corrected chi connectivity index (χ0v) is 144. The Morgan fingerprint density at radius 2 is 0.347 bits per heavy atom. The first-order chi connectivity index (χ1) is 61.6. The summed E-state index contributed by atoms with van der Waals surface area (Å²) in [6, 6.07) is 1.08. The summed E-state index contributed by atoms with van der Waals surface area (Å²) in [6.07, 6.45) is 16.5. The van der Waals surface area contributed by atoms with Crippen LogP contribution in [0.25, 0.3) is 0 Å². The summed E-state index contributed by atoms with van der Waals surface area (Å²) in [7, 11) is 6.86. The van der Waals surface area contributed by atoms with Gasteiger partial charge >= 0.3 is 0 Å². The van der Waals surface area contributed by atoms with Crippen LogP contribution in [0.3, 0.4) is 0 Å². The van der Waals surface area contributed by atoms with Gasteiger partial charge in [0.05, 0.1) is 16.8 Å². The Balaban J connectivity index is -0.0000000507. The van der Waals surface area contributed by atoms with E-state index in [1.54, 1.807) is 49.0 Å². The van der Waals surface area contributed by atoms with E-state index < -0.39 is 67.2 Å². The molecule has 0 aliphatic carbocycles. The summed E-state index contributed by atoms with van der Waals surface area (Å²) in [4.78, 5) is 50.2. The fourth-order valence-electron chi connectivity index (χ4n) is 13.8. The molecule has 0 aliphatic heterocycles. The molecule has 36 heteroatoms. The maximum atomic E-state index is 10.3. The first-order valence-corrected chi connectivity index (χ1v) is 52.3. The van der Waals surface area contributed by atoms with Crippen molar-refractivity contribution in [3.63, 3.8) is 0 Å². The average Bonchev–Trinajstić information content (AvgIpc) is 0.834. The van der Waals surface area contributed by atoms with E-state index in [2.05, 4.69) is 80.7 Å². The van der Waals surface area contributed by atoms with E-state index in [4.69, 9.17) is 0 Å². The molecule has 0 saturated carbocycles. The van der Waals surface area contributed by atoms with Gasteiger partial charge in [-0.15, -0.1) is 0 Å². The third-order valence-corrected chi connectivity index (χ3v) is 26.8. The number of rotatable bonds is 44. The van der Waals surface area contributed by atoms with Gasteiger partial charge in [0.25, 0.3) is 0 Å². The van der Waals surface area contributed by atoms with Gasteiger partial charge in [0, 0.05) is 637 Å². The maximum Gasteiger partial charge on any atom is 0.104 e. The average molecular weight is 3660 g/mol. The standard InChI is InChI=1S/2C11H23NO.3C10H21NO.4C9H19NO.2C8H17NO.C7H15NO.12Nd/c1-7-11(13,8(2)3)10(6)12-9(4)5;1-6-8-11(13,7-2)10(5)12-9(3)4;1-6-10(12,8(3)4)9(5)11-7-2;1-6-10(12,7-2)9(5)11-8(3)4;1-5-8-10(12,6-2)9(4)11-7-3;1-6-9(11,7(2)3)8(4)10-5;1-6-9(5,11)8(4)10-7(2)3;1-5-7-9(11,6-2)8(3)10-4;1-5-9(11,6-2)8(4)10-7-3;1-5-8(10,6-2)7(3)9-4;1-5-8(4,10)7(3)9-6-2;1-5-7(3,9)6(2)8-4;;;;;;;;;;;;/h8-9,13H,7H2,1-6H3;9,13H,6-8H2,1-5H3;2*8,12H,6-7H2,1-5H3;12H,5-8H2,1-4H3;2*7,11H,6H2,1-5H3;2*11H,5-7H2,1-4H3;2*10H,5-6H2,1-4H3;9H,5H2,1-4H3;;;;;;;;;;;;. The van der Waals surface area contributed by atoms with Gasteiger partial charge in [-0.1, -0.05) is 185 Å². The van der Waals surface area contributed by atoms with Gasteiger partial charge in [0.1, 0.15) is 50.4 Å². The molecule has 0 saturated heterocycles. The molecular formula is C111H234N12Nd12O12. The van der Waals surface area contributed by atoms with Crippen molar-refractivity contribution in [2.75, 3.05) is 54.4 Å². The van der Waals surface area contributed by atoms with Crippen molar-refractivity contribution in [2.45, 2.75) is 579 Å². The normalized spacial score (nSPS) is 15.8. The summed E-state index contributed by atoms with van der Waals surface area (Å²) >= 11 is 0. The molecule has 0 aromatic rings. The van der Waals surface area contributed by atoms with Crippen LogP contribution in [0.4, 0.5) is 0 Å². The van der Waals surface area contributed by atoms with E-state index >= 15 is 0 Å². The van der Waals surface area contributed by atoms with Crippen LogP contribution in [0.1, 0.15) is 488 Å². The number of hydrogen-bond donors (Lipinski definition) is 12. The molecule has 24 nitrogen and oxygen atoms in total. The van der Waals surface area contributed by atoms with E-state index in [9.17, 15) is 61.3 Å². The monoisotopic (exact) mass is 3630 g/mol.